The third-order valence-corrected chi connectivity index (χ3v) is 5.79. The number of hydrogen-bond donors (Lipinski definition) is 2. The Morgan fingerprint density at radius 3 is 2.28 bits per heavy atom. The van der Waals surface area contributed by atoms with Gasteiger partial charge in [-0.2, -0.15) is 0 Å². The summed E-state index contributed by atoms with van der Waals surface area (Å²) in [5.74, 6) is 0. The van der Waals surface area contributed by atoms with Gasteiger partial charge in [0.05, 0.1) is 15.5 Å². The van der Waals surface area contributed by atoms with Crippen LogP contribution in [0.3, 0.4) is 0 Å². The van der Waals surface area contributed by atoms with E-state index in [1.165, 1.54) is 12.1 Å². The van der Waals surface area contributed by atoms with Gasteiger partial charge in [0.15, 0.2) is 0 Å². The van der Waals surface area contributed by atoms with E-state index in [2.05, 4.69) is 10.0 Å². The van der Waals surface area contributed by atoms with E-state index in [-0.39, 0.29) is 16.3 Å². The summed E-state index contributed by atoms with van der Waals surface area (Å²) in [6.07, 6.45) is 0. The molecule has 29 heavy (non-hydrogen) atoms. The monoisotopic (exact) mass is 411 g/mol. The summed E-state index contributed by atoms with van der Waals surface area (Å²) in [6.45, 7) is 4.09. The maximum Gasteiger partial charge on any atom is 0.293 e. The molecule has 0 unspecified atom stereocenters. The summed E-state index contributed by atoms with van der Waals surface area (Å²) in [6, 6.07) is 18.6. The quantitative estimate of drug-likeness (QED) is 0.436. The lowest BCUT2D eigenvalue weighted by Gasteiger charge is -2.12. The Kier molecular flexibility index (Phi) is 5.84. The summed E-state index contributed by atoms with van der Waals surface area (Å²) in [5, 5.41) is 14.5. The molecule has 0 aliphatic carbocycles. The Hall–Kier alpha value is -3.39. The van der Waals surface area contributed by atoms with Crippen molar-refractivity contribution in [3.8, 4) is 0 Å². The molecule has 0 aliphatic heterocycles. The van der Waals surface area contributed by atoms with Crippen LogP contribution in [0.5, 0.6) is 0 Å². The molecule has 8 heteroatoms. The van der Waals surface area contributed by atoms with E-state index in [9.17, 15) is 18.5 Å². The van der Waals surface area contributed by atoms with Crippen molar-refractivity contribution in [1.29, 1.82) is 0 Å². The molecule has 3 rings (SSSR count). The largest absolute Gasteiger partial charge is 0.375 e. The molecule has 0 radical (unpaired) electrons. The fraction of sp³-hybridized carbons (Fsp3) is 0.143. The summed E-state index contributed by atoms with van der Waals surface area (Å²) in [5.41, 5.74) is 3.12. The Morgan fingerprint density at radius 1 is 0.931 bits per heavy atom. The molecular weight excluding hydrogens is 390 g/mol. The minimum Gasteiger partial charge on any atom is -0.375 e. The second-order valence-electron chi connectivity index (χ2n) is 6.70. The standard InChI is InChI=1S/C21H21N3O4S/c1-15-8-10-19(16(2)12-15)23-29(27,28)18-9-11-20(21(13-18)24(25)26)22-14-17-6-4-3-5-7-17/h3-13,22-23H,14H2,1-2H3. The van der Waals surface area contributed by atoms with Crippen LogP contribution < -0.4 is 10.0 Å². The van der Waals surface area contributed by atoms with Crippen molar-refractivity contribution in [2.75, 3.05) is 10.0 Å². The van der Waals surface area contributed by atoms with Crippen LogP contribution in [0.25, 0.3) is 0 Å². The third kappa shape index (κ3) is 4.91. The van der Waals surface area contributed by atoms with Gasteiger partial charge in [-0.15, -0.1) is 0 Å². The summed E-state index contributed by atoms with van der Waals surface area (Å²) in [4.78, 5) is 10.7. The van der Waals surface area contributed by atoms with Gasteiger partial charge in [0.2, 0.25) is 0 Å². The number of rotatable bonds is 7. The lowest BCUT2D eigenvalue weighted by atomic mass is 10.1. The van der Waals surface area contributed by atoms with E-state index in [1.54, 1.807) is 19.1 Å². The van der Waals surface area contributed by atoms with E-state index in [1.807, 2.05) is 43.3 Å². The molecular formula is C21H21N3O4S. The zero-order chi connectivity index (χ0) is 21.0. The van der Waals surface area contributed by atoms with Gasteiger partial charge in [-0.25, -0.2) is 8.42 Å². The van der Waals surface area contributed by atoms with E-state index < -0.39 is 14.9 Å². The minimum absolute atomic E-state index is 0.172. The molecule has 7 nitrogen and oxygen atoms in total. The normalized spacial score (nSPS) is 11.1. The first-order chi connectivity index (χ1) is 13.8. The van der Waals surface area contributed by atoms with Crippen molar-refractivity contribution >= 4 is 27.1 Å². The number of benzene rings is 3. The van der Waals surface area contributed by atoms with Crippen molar-refractivity contribution in [2.45, 2.75) is 25.3 Å². The number of nitro groups is 1. The SMILES string of the molecule is Cc1ccc(NS(=O)(=O)c2ccc(NCc3ccccc3)c([N+](=O)[O-])c2)c(C)c1. The zero-order valence-electron chi connectivity index (χ0n) is 16.0. The highest BCUT2D eigenvalue weighted by Gasteiger charge is 2.22. The molecule has 0 bridgehead atoms. The minimum atomic E-state index is -3.97. The average Bonchev–Trinajstić information content (AvgIpc) is 2.69. The van der Waals surface area contributed by atoms with Gasteiger partial charge in [-0.1, -0.05) is 48.0 Å². The smallest absolute Gasteiger partial charge is 0.293 e. The molecule has 0 saturated heterocycles. The predicted molar refractivity (Wildman–Crippen MR) is 114 cm³/mol. The number of nitrogens with zero attached hydrogens (tertiary/aromatic N) is 1. The molecule has 150 valence electrons. The van der Waals surface area contributed by atoms with Crippen molar-refractivity contribution in [3.05, 3.63) is 93.5 Å². The van der Waals surface area contributed by atoms with Gasteiger partial charge in [-0.05, 0) is 43.2 Å². The lowest BCUT2D eigenvalue weighted by Crippen LogP contribution is -2.14. The van der Waals surface area contributed by atoms with Crippen LogP contribution >= 0.6 is 0 Å². The first kappa shape index (κ1) is 20.3. The van der Waals surface area contributed by atoms with Gasteiger partial charge in [0, 0.05) is 12.6 Å². The third-order valence-electron chi connectivity index (χ3n) is 4.43. The van der Waals surface area contributed by atoms with E-state index in [0.29, 0.717) is 12.2 Å². The molecule has 0 heterocycles. The molecule has 3 aromatic rings. The van der Waals surface area contributed by atoms with Crippen molar-refractivity contribution in [2.24, 2.45) is 0 Å². The van der Waals surface area contributed by atoms with Gasteiger partial charge >= 0.3 is 0 Å². The highest BCUT2D eigenvalue weighted by Crippen LogP contribution is 2.29. The summed E-state index contributed by atoms with van der Waals surface area (Å²) < 4.78 is 28.0. The van der Waals surface area contributed by atoms with Crippen LogP contribution in [0.1, 0.15) is 16.7 Å². The van der Waals surface area contributed by atoms with Crippen LogP contribution in [0, 0.1) is 24.0 Å². The molecule has 0 saturated carbocycles. The number of sulfonamides is 1. The molecule has 0 aliphatic rings. The maximum absolute atomic E-state index is 12.8. The summed E-state index contributed by atoms with van der Waals surface area (Å²) in [7, 11) is -3.97. The predicted octanol–water partition coefficient (Wildman–Crippen LogP) is 4.62. The molecule has 0 fully saturated rings. The Morgan fingerprint density at radius 2 is 1.62 bits per heavy atom. The fourth-order valence-electron chi connectivity index (χ4n) is 2.90. The van der Waals surface area contributed by atoms with Gasteiger partial charge in [0.25, 0.3) is 15.7 Å². The number of aryl methyl sites for hydroxylation is 2. The van der Waals surface area contributed by atoms with Gasteiger partial charge in [-0.3, -0.25) is 14.8 Å². The number of nitrogens with one attached hydrogen (secondary N) is 2. The summed E-state index contributed by atoms with van der Waals surface area (Å²) >= 11 is 0. The lowest BCUT2D eigenvalue weighted by molar-refractivity contribution is -0.384. The van der Waals surface area contributed by atoms with Gasteiger partial charge < -0.3 is 5.32 Å². The maximum atomic E-state index is 12.8. The van der Waals surface area contributed by atoms with Crippen LogP contribution in [0.2, 0.25) is 0 Å². The second-order valence-corrected chi connectivity index (χ2v) is 8.38. The molecule has 0 aromatic heterocycles. The van der Waals surface area contributed by atoms with Crippen molar-refractivity contribution in [1.82, 2.24) is 0 Å². The average molecular weight is 411 g/mol. The van der Waals surface area contributed by atoms with Gasteiger partial charge in [0.1, 0.15) is 5.69 Å². The zero-order valence-corrected chi connectivity index (χ0v) is 16.9. The number of nitro benzene ring substituents is 1. The van der Waals surface area contributed by atoms with Crippen LogP contribution in [-0.4, -0.2) is 13.3 Å². The molecule has 3 aromatic carbocycles. The highest BCUT2D eigenvalue weighted by molar-refractivity contribution is 7.92. The van der Waals surface area contributed by atoms with Crippen molar-refractivity contribution in [3.63, 3.8) is 0 Å². The molecule has 0 atom stereocenters. The van der Waals surface area contributed by atoms with Crippen LogP contribution in [0.4, 0.5) is 17.1 Å². The van der Waals surface area contributed by atoms with Crippen LogP contribution in [-0.2, 0) is 16.6 Å². The topological polar surface area (TPSA) is 101 Å². The van der Waals surface area contributed by atoms with Crippen molar-refractivity contribution < 1.29 is 13.3 Å². The highest BCUT2D eigenvalue weighted by atomic mass is 32.2. The van der Waals surface area contributed by atoms with E-state index >= 15 is 0 Å². The number of anilines is 2. The second kappa shape index (κ2) is 8.32. The Labute approximate surface area is 169 Å². The molecule has 0 spiro atoms. The van der Waals surface area contributed by atoms with E-state index in [4.69, 9.17) is 0 Å². The first-order valence-electron chi connectivity index (χ1n) is 8.92. The molecule has 0 amide bonds. The van der Waals surface area contributed by atoms with Crippen LogP contribution in [0.15, 0.2) is 71.6 Å². The number of hydrogen-bond acceptors (Lipinski definition) is 5. The first-order valence-corrected chi connectivity index (χ1v) is 10.4. The Balaban J connectivity index is 1.87. The Bertz CT molecular complexity index is 1150. The van der Waals surface area contributed by atoms with E-state index in [0.717, 1.165) is 22.8 Å². The molecule has 2 N–H and O–H groups in total. The fourth-order valence-corrected chi connectivity index (χ4v) is 4.05.